The van der Waals surface area contributed by atoms with Crippen LogP contribution in [-0.2, 0) is 9.59 Å². The maximum Gasteiger partial charge on any atom is 0.242 e. The number of nitrogens with zero attached hydrogens (tertiary/aromatic N) is 2. The van der Waals surface area contributed by atoms with Gasteiger partial charge in [0.2, 0.25) is 11.8 Å². The molecule has 1 N–H and O–H groups in total. The van der Waals surface area contributed by atoms with Crippen LogP contribution in [0.5, 0.6) is 5.75 Å². The molecule has 7 heteroatoms. The van der Waals surface area contributed by atoms with Crippen LogP contribution in [0.15, 0.2) is 66.2 Å². The lowest BCUT2D eigenvalue weighted by molar-refractivity contribution is -0.127. The number of aliphatic imine (C=N–C) groups is 1. The number of carbonyl (C=O) groups excluding carboxylic acids is 2. The molecule has 30 heavy (non-hydrogen) atoms. The van der Waals surface area contributed by atoms with Gasteiger partial charge in [-0.15, -0.1) is 6.58 Å². The van der Waals surface area contributed by atoms with Crippen molar-refractivity contribution in [1.29, 1.82) is 0 Å². The van der Waals surface area contributed by atoms with Crippen molar-refractivity contribution in [2.75, 3.05) is 18.5 Å². The molecule has 0 unspecified atom stereocenters. The molecule has 1 heterocycles. The second-order valence-electron chi connectivity index (χ2n) is 6.71. The number of anilines is 1. The molecule has 1 saturated heterocycles. The van der Waals surface area contributed by atoms with E-state index in [0.717, 1.165) is 11.3 Å². The van der Waals surface area contributed by atoms with E-state index in [1.54, 1.807) is 11.0 Å². The van der Waals surface area contributed by atoms with Crippen molar-refractivity contribution in [1.82, 2.24) is 4.90 Å². The van der Waals surface area contributed by atoms with E-state index in [9.17, 15) is 9.59 Å². The van der Waals surface area contributed by atoms with Crippen molar-refractivity contribution in [3.05, 3.63) is 66.7 Å². The van der Waals surface area contributed by atoms with Crippen LogP contribution in [0.4, 0.5) is 11.4 Å². The van der Waals surface area contributed by atoms with E-state index in [4.69, 9.17) is 4.74 Å². The molecule has 6 nitrogen and oxygen atoms in total. The van der Waals surface area contributed by atoms with Crippen LogP contribution in [-0.4, -0.2) is 40.3 Å². The number of nitrogens with one attached hydrogen (secondary N) is 1. The van der Waals surface area contributed by atoms with Gasteiger partial charge in [-0.2, -0.15) is 0 Å². The van der Waals surface area contributed by atoms with Crippen LogP contribution >= 0.6 is 11.8 Å². The number of amides is 2. The zero-order chi connectivity index (χ0) is 21.5. The molecule has 2 amide bonds. The average molecular weight is 424 g/mol. The van der Waals surface area contributed by atoms with Crippen molar-refractivity contribution in [2.45, 2.75) is 25.5 Å². The number of hydrogen-bond acceptors (Lipinski definition) is 5. The predicted molar refractivity (Wildman–Crippen MR) is 122 cm³/mol. The number of amidine groups is 1. The molecule has 1 aliphatic heterocycles. The van der Waals surface area contributed by atoms with Gasteiger partial charge in [0.05, 0.1) is 6.61 Å². The molecule has 0 radical (unpaired) electrons. The first-order valence-corrected chi connectivity index (χ1v) is 10.7. The Bertz CT molecular complexity index is 974. The zero-order valence-electron chi connectivity index (χ0n) is 17.1. The molecule has 2 aromatic rings. The van der Waals surface area contributed by atoms with Crippen LogP contribution in [0.1, 0.15) is 18.9 Å². The lowest BCUT2D eigenvalue weighted by atomic mass is 10.2. The summed E-state index contributed by atoms with van der Waals surface area (Å²) in [5, 5.41) is 2.90. The Balaban J connectivity index is 1.78. The smallest absolute Gasteiger partial charge is 0.242 e. The topological polar surface area (TPSA) is 71.0 Å². The summed E-state index contributed by atoms with van der Waals surface area (Å²) in [7, 11) is 0. The minimum Gasteiger partial charge on any atom is -0.492 e. The molecular weight excluding hydrogens is 398 g/mol. The van der Waals surface area contributed by atoms with Crippen LogP contribution in [0.3, 0.4) is 0 Å². The summed E-state index contributed by atoms with van der Waals surface area (Å²) in [5.74, 6) is 0.303. The molecule has 156 valence electrons. The number of benzene rings is 2. The Morgan fingerprint density at radius 1 is 1.27 bits per heavy atom. The van der Waals surface area contributed by atoms with E-state index in [1.807, 2.05) is 62.4 Å². The summed E-state index contributed by atoms with van der Waals surface area (Å²) >= 11 is 1.29. The third kappa shape index (κ3) is 5.10. The van der Waals surface area contributed by atoms with Crippen molar-refractivity contribution in [2.24, 2.45) is 4.99 Å². The maximum atomic E-state index is 12.9. The second-order valence-corrected chi connectivity index (χ2v) is 7.88. The van der Waals surface area contributed by atoms with Crippen LogP contribution < -0.4 is 10.1 Å². The molecule has 1 atom stereocenters. The van der Waals surface area contributed by atoms with E-state index < -0.39 is 5.25 Å². The Hall–Kier alpha value is -3.06. The van der Waals surface area contributed by atoms with Gasteiger partial charge in [0.25, 0.3) is 0 Å². The summed E-state index contributed by atoms with van der Waals surface area (Å²) in [6.45, 7) is 8.42. The van der Waals surface area contributed by atoms with Gasteiger partial charge in [-0.25, -0.2) is 4.99 Å². The monoisotopic (exact) mass is 423 g/mol. The van der Waals surface area contributed by atoms with E-state index in [0.29, 0.717) is 29.8 Å². The number of hydrogen-bond donors (Lipinski definition) is 1. The van der Waals surface area contributed by atoms with Crippen LogP contribution in [0.2, 0.25) is 0 Å². The fourth-order valence-electron chi connectivity index (χ4n) is 3.04. The van der Waals surface area contributed by atoms with E-state index in [-0.39, 0.29) is 18.2 Å². The van der Waals surface area contributed by atoms with Crippen molar-refractivity contribution in [3.63, 3.8) is 0 Å². The van der Waals surface area contributed by atoms with Gasteiger partial charge < -0.3 is 10.1 Å². The van der Waals surface area contributed by atoms with Gasteiger partial charge >= 0.3 is 0 Å². The lowest BCUT2D eigenvalue weighted by Gasteiger charge is -2.14. The molecule has 3 rings (SSSR count). The Kier molecular flexibility index (Phi) is 7.30. The second kappa shape index (κ2) is 10.1. The number of para-hydroxylation sites is 3. The number of aryl methyl sites for hydroxylation is 1. The van der Waals surface area contributed by atoms with Gasteiger partial charge in [0, 0.05) is 18.7 Å². The first-order chi connectivity index (χ1) is 14.5. The summed E-state index contributed by atoms with van der Waals surface area (Å²) < 4.78 is 5.63. The fraction of sp³-hybridized carbons (Fsp3) is 0.261. The summed E-state index contributed by atoms with van der Waals surface area (Å²) in [5.41, 5.74) is 2.37. The SMILES string of the molecule is C=CCN1C(=O)[C@H](CC(=O)Nc2ccccc2C)SC1=Nc1ccccc1OCC. The molecular formula is C23H25N3O3S. The number of thioether (sulfide) groups is 1. The minimum atomic E-state index is -0.535. The first-order valence-electron chi connectivity index (χ1n) is 9.78. The normalized spacial score (nSPS) is 17.3. The van der Waals surface area contributed by atoms with E-state index in [1.165, 1.54) is 11.8 Å². The highest BCUT2D eigenvalue weighted by Gasteiger charge is 2.38. The molecule has 2 aromatic carbocycles. The molecule has 0 aliphatic carbocycles. The zero-order valence-corrected chi connectivity index (χ0v) is 17.9. The minimum absolute atomic E-state index is 0.0671. The molecule has 0 bridgehead atoms. The maximum absolute atomic E-state index is 12.9. The average Bonchev–Trinajstić information content (AvgIpc) is 3.00. The highest BCUT2D eigenvalue weighted by molar-refractivity contribution is 8.15. The largest absolute Gasteiger partial charge is 0.492 e. The van der Waals surface area contributed by atoms with Gasteiger partial charge in [-0.05, 0) is 37.6 Å². The summed E-state index contributed by atoms with van der Waals surface area (Å²) in [6.07, 6.45) is 1.72. The predicted octanol–water partition coefficient (Wildman–Crippen LogP) is 4.54. The fourth-order valence-corrected chi connectivity index (χ4v) is 4.20. The molecule has 0 aromatic heterocycles. The summed E-state index contributed by atoms with van der Waals surface area (Å²) in [4.78, 5) is 31.7. The van der Waals surface area contributed by atoms with Crippen molar-refractivity contribution >= 4 is 40.1 Å². The van der Waals surface area contributed by atoms with E-state index >= 15 is 0 Å². The molecule has 0 spiro atoms. The Morgan fingerprint density at radius 3 is 2.73 bits per heavy atom. The quantitative estimate of drug-likeness (QED) is 0.633. The van der Waals surface area contributed by atoms with Crippen LogP contribution in [0.25, 0.3) is 0 Å². The van der Waals surface area contributed by atoms with Gasteiger partial charge in [0.1, 0.15) is 16.7 Å². The van der Waals surface area contributed by atoms with Gasteiger partial charge in [-0.1, -0.05) is 48.2 Å². The Labute approximate surface area is 181 Å². The third-order valence-electron chi connectivity index (χ3n) is 4.50. The Morgan fingerprint density at radius 2 is 2.00 bits per heavy atom. The first kappa shape index (κ1) is 21.6. The van der Waals surface area contributed by atoms with Crippen molar-refractivity contribution < 1.29 is 14.3 Å². The molecule has 1 aliphatic rings. The number of carbonyl (C=O) groups is 2. The third-order valence-corrected chi connectivity index (χ3v) is 5.68. The standard InChI is InChI=1S/C23H25N3O3S/c1-4-14-26-22(28)20(15-21(27)24-17-11-7-6-10-16(17)3)30-23(26)25-18-12-8-9-13-19(18)29-5-2/h4,6-13,20H,1,5,14-15H2,2-3H3,(H,24,27)/t20-/m0/s1. The van der Waals surface area contributed by atoms with E-state index in [2.05, 4.69) is 16.9 Å². The highest BCUT2D eigenvalue weighted by atomic mass is 32.2. The van der Waals surface area contributed by atoms with Crippen LogP contribution in [0, 0.1) is 6.92 Å². The molecule has 0 saturated carbocycles. The van der Waals surface area contributed by atoms with Gasteiger partial charge in [-0.3, -0.25) is 14.5 Å². The van der Waals surface area contributed by atoms with Gasteiger partial charge in [0.15, 0.2) is 5.17 Å². The van der Waals surface area contributed by atoms with Crippen molar-refractivity contribution in [3.8, 4) is 5.75 Å². The number of rotatable bonds is 8. The molecule has 1 fully saturated rings. The lowest BCUT2D eigenvalue weighted by Crippen LogP contribution is -2.33. The number of ether oxygens (including phenoxy) is 1. The summed E-state index contributed by atoms with van der Waals surface area (Å²) in [6, 6.07) is 15.0. The highest BCUT2D eigenvalue weighted by Crippen LogP contribution is 2.34.